The van der Waals surface area contributed by atoms with E-state index in [9.17, 15) is 19.7 Å². The van der Waals surface area contributed by atoms with Crippen molar-refractivity contribution in [2.75, 3.05) is 20.8 Å². The summed E-state index contributed by atoms with van der Waals surface area (Å²) in [5, 5.41) is 10.9. The summed E-state index contributed by atoms with van der Waals surface area (Å²) in [5.74, 6) is -1.30. The summed E-state index contributed by atoms with van der Waals surface area (Å²) in [6.45, 7) is -0.128. The predicted octanol–water partition coefficient (Wildman–Crippen LogP) is 0.810. The molecule has 1 aromatic rings. The fourth-order valence-corrected chi connectivity index (χ4v) is 2.03. The average Bonchev–Trinajstić information content (AvgIpc) is 2.69. The second-order valence-electron chi connectivity index (χ2n) is 4.08. The van der Waals surface area contributed by atoms with Crippen LogP contribution >= 0.6 is 0 Å². The second-order valence-corrected chi connectivity index (χ2v) is 4.08. The first-order valence-electron chi connectivity index (χ1n) is 5.70. The zero-order valence-corrected chi connectivity index (χ0v) is 10.9. The quantitative estimate of drug-likeness (QED) is 0.342. The van der Waals surface area contributed by atoms with E-state index in [0.29, 0.717) is 0 Å². The first-order chi connectivity index (χ1) is 9.51. The SMILES string of the molecule is COC(CN1C(=O)c2cccc([N+](=O)[O-])c2C1=O)OC. The molecule has 0 spiro atoms. The Morgan fingerprint density at radius 3 is 2.45 bits per heavy atom. The van der Waals surface area contributed by atoms with Crippen LogP contribution in [-0.2, 0) is 9.47 Å². The number of nitro groups is 1. The zero-order valence-electron chi connectivity index (χ0n) is 10.9. The van der Waals surface area contributed by atoms with Gasteiger partial charge in [-0.1, -0.05) is 6.07 Å². The Kier molecular flexibility index (Phi) is 3.77. The van der Waals surface area contributed by atoms with Crippen LogP contribution in [0.15, 0.2) is 18.2 Å². The molecular weight excluding hydrogens is 268 g/mol. The van der Waals surface area contributed by atoms with E-state index < -0.39 is 23.0 Å². The van der Waals surface area contributed by atoms with Crippen LogP contribution in [0, 0.1) is 10.1 Å². The predicted molar refractivity (Wildman–Crippen MR) is 66.3 cm³/mol. The monoisotopic (exact) mass is 280 g/mol. The van der Waals surface area contributed by atoms with Crippen molar-refractivity contribution in [1.82, 2.24) is 4.90 Å². The van der Waals surface area contributed by atoms with Gasteiger partial charge in [-0.25, -0.2) is 0 Å². The zero-order chi connectivity index (χ0) is 14.9. The number of amides is 2. The van der Waals surface area contributed by atoms with Crippen LogP contribution in [0.1, 0.15) is 20.7 Å². The van der Waals surface area contributed by atoms with Gasteiger partial charge in [0.05, 0.1) is 17.0 Å². The summed E-state index contributed by atoms with van der Waals surface area (Å²) in [6.07, 6.45) is -0.781. The number of carbonyl (C=O) groups excluding carboxylic acids is 2. The van der Waals surface area contributed by atoms with Gasteiger partial charge in [0.25, 0.3) is 17.5 Å². The summed E-state index contributed by atoms with van der Waals surface area (Å²) in [5.41, 5.74) is -0.543. The third kappa shape index (κ3) is 2.15. The van der Waals surface area contributed by atoms with E-state index in [0.717, 1.165) is 4.90 Å². The molecule has 0 bridgehead atoms. The van der Waals surface area contributed by atoms with Crippen molar-refractivity contribution in [3.8, 4) is 0 Å². The number of fused-ring (bicyclic) bond motifs is 1. The topological polar surface area (TPSA) is 99.0 Å². The van der Waals surface area contributed by atoms with Gasteiger partial charge in [0.2, 0.25) is 0 Å². The van der Waals surface area contributed by atoms with Crippen LogP contribution in [0.4, 0.5) is 5.69 Å². The summed E-state index contributed by atoms with van der Waals surface area (Å²) < 4.78 is 9.86. The Balaban J connectivity index is 2.40. The van der Waals surface area contributed by atoms with Gasteiger partial charge in [-0.2, -0.15) is 0 Å². The lowest BCUT2D eigenvalue weighted by Gasteiger charge is -2.19. The first kappa shape index (κ1) is 14.1. The molecule has 8 heteroatoms. The molecule has 1 aromatic carbocycles. The lowest BCUT2D eigenvalue weighted by atomic mass is 10.1. The van der Waals surface area contributed by atoms with Gasteiger partial charge in [0.1, 0.15) is 5.56 Å². The van der Waals surface area contributed by atoms with Crippen LogP contribution in [0.25, 0.3) is 0 Å². The molecule has 20 heavy (non-hydrogen) atoms. The molecule has 0 aromatic heterocycles. The molecular formula is C12H12N2O6. The van der Waals surface area contributed by atoms with Crippen LogP contribution in [0.5, 0.6) is 0 Å². The van der Waals surface area contributed by atoms with E-state index in [1.165, 1.54) is 32.4 Å². The van der Waals surface area contributed by atoms with Crippen molar-refractivity contribution in [3.63, 3.8) is 0 Å². The van der Waals surface area contributed by atoms with Crippen LogP contribution < -0.4 is 0 Å². The van der Waals surface area contributed by atoms with Crippen molar-refractivity contribution in [1.29, 1.82) is 0 Å². The number of ether oxygens (including phenoxy) is 2. The number of carbonyl (C=O) groups is 2. The molecule has 0 unspecified atom stereocenters. The minimum Gasteiger partial charge on any atom is -0.354 e. The third-order valence-electron chi connectivity index (χ3n) is 3.03. The minimum absolute atomic E-state index is 0.0233. The number of rotatable bonds is 5. The molecule has 1 aliphatic heterocycles. The maximum Gasteiger partial charge on any atom is 0.282 e. The van der Waals surface area contributed by atoms with Gasteiger partial charge < -0.3 is 9.47 Å². The van der Waals surface area contributed by atoms with Crippen molar-refractivity contribution in [2.24, 2.45) is 0 Å². The molecule has 0 fully saturated rings. The van der Waals surface area contributed by atoms with Crippen LogP contribution in [0.2, 0.25) is 0 Å². The van der Waals surface area contributed by atoms with E-state index in [2.05, 4.69) is 0 Å². The van der Waals surface area contributed by atoms with Crippen molar-refractivity contribution >= 4 is 17.5 Å². The molecule has 0 saturated carbocycles. The summed E-state index contributed by atoms with van der Waals surface area (Å²) in [6, 6.07) is 3.95. The molecule has 0 atom stereocenters. The van der Waals surface area contributed by atoms with E-state index in [-0.39, 0.29) is 23.4 Å². The van der Waals surface area contributed by atoms with Gasteiger partial charge in [0.15, 0.2) is 6.29 Å². The Morgan fingerprint density at radius 1 is 1.25 bits per heavy atom. The Hall–Kier alpha value is -2.32. The van der Waals surface area contributed by atoms with Gasteiger partial charge in [0, 0.05) is 20.3 Å². The molecule has 2 amide bonds. The smallest absolute Gasteiger partial charge is 0.282 e. The number of imide groups is 1. The van der Waals surface area contributed by atoms with Gasteiger partial charge in [-0.05, 0) is 6.07 Å². The first-order valence-corrected chi connectivity index (χ1v) is 5.70. The van der Waals surface area contributed by atoms with Crippen LogP contribution in [-0.4, -0.2) is 48.7 Å². The Morgan fingerprint density at radius 2 is 1.90 bits per heavy atom. The third-order valence-corrected chi connectivity index (χ3v) is 3.03. The molecule has 0 N–H and O–H groups in total. The van der Waals surface area contributed by atoms with Crippen molar-refractivity contribution in [3.05, 3.63) is 39.4 Å². The van der Waals surface area contributed by atoms with Gasteiger partial charge in [-0.3, -0.25) is 24.6 Å². The number of hydrogen-bond donors (Lipinski definition) is 0. The summed E-state index contributed by atoms with van der Waals surface area (Å²) >= 11 is 0. The summed E-state index contributed by atoms with van der Waals surface area (Å²) in [7, 11) is 2.74. The molecule has 0 saturated heterocycles. The highest BCUT2D eigenvalue weighted by atomic mass is 16.7. The van der Waals surface area contributed by atoms with E-state index in [1.807, 2.05) is 0 Å². The Labute approximate surface area is 114 Å². The number of hydrogen-bond acceptors (Lipinski definition) is 6. The van der Waals surface area contributed by atoms with Gasteiger partial charge in [-0.15, -0.1) is 0 Å². The van der Waals surface area contributed by atoms with Crippen LogP contribution in [0.3, 0.4) is 0 Å². The summed E-state index contributed by atoms with van der Waals surface area (Å²) in [4.78, 5) is 35.4. The largest absolute Gasteiger partial charge is 0.354 e. The fraction of sp³-hybridized carbons (Fsp3) is 0.333. The molecule has 1 aliphatic rings. The number of benzene rings is 1. The lowest BCUT2D eigenvalue weighted by Crippen LogP contribution is -2.38. The number of nitrogens with zero attached hydrogens (tertiary/aromatic N) is 2. The molecule has 106 valence electrons. The molecule has 1 heterocycles. The molecule has 0 aliphatic carbocycles. The van der Waals surface area contributed by atoms with Crippen molar-refractivity contribution < 1.29 is 24.0 Å². The average molecular weight is 280 g/mol. The van der Waals surface area contributed by atoms with E-state index >= 15 is 0 Å². The minimum atomic E-state index is -0.781. The normalized spacial score (nSPS) is 14.1. The molecule has 0 radical (unpaired) electrons. The van der Waals surface area contributed by atoms with E-state index in [4.69, 9.17) is 9.47 Å². The molecule has 8 nitrogen and oxygen atoms in total. The number of nitro benzene ring substituents is 1. The maximum absolute atomic E-state index is 12.2. The van der Waals surface area contributed by atoms with E-state index in [1.54, 1.807) is 0 Å². The lowest BCUT2D eigenvalue weighted by molar-refractivity contribution is -0.385. The van der Waals surface area contributed by atoms with Gasteiger partial charge >= 0.3 is 0 Å². The van der Waals surface area contributed by atoms with Crippen molar-refractivity contribution in [2.45, 2.75) is 6.29 Å². The maximum atomic E-state index is 12.2. The standard InChI is InChI=1S/C12H12N2O6/c1-19-9(20-2)6-13-11(15)7-4-3-5-8(14(17)18)10(7)12(13)16/h3-5,9H,6H2,1-2H3. The highest BCUT2D eigenvalue weighted by Gasteiger charge is 2.41. The molecule has 2 rings (SSSR count). The fourth-order valence-electron chi connectivity index (χ4n) is 2.03. The highest BCUT2D eigenvalue weighted by Crippen LogP contribution is 2.30. The second kappa shape index (κ2) is 5.35. The Bertz CT molecular complexity index is 581. The highest BCUT2D eigenvalue weighted by molar-refractivity contribution is 6.23. The number of methoxy groups -OCH3 is 2.